The van der Waals surface area contributed by atoms with Crippen molar-refractivity contribution in [2.75, 3.05) is 13.7 Å². The average Bonchev–Trinajstić information content (AvgIpc) is 2.43. The van der Waals surface area contributed by atoms with Crippen LogP contribution >= 0.6 is 0 Å². The molecule has 0 amide bonds. The second-order valence-electron chi connectivity index (χ2n) is 4.93. The van der Waals surface area contributed by atoms with Crippen LogP contribution in [0.15, 0.2) is 12.2 Å². The number of hydrogen-bond donors (Lipinski definition) is 1. The Kier molecular flexibility index (Phi) is 14.6. The van der Waals surface area contributed by atoms with Crippen LogP contribution in [-0.4, -0.2) is 24.8 Å². The normalized spacial score (nSPS) is 11.1. The lowest BCUT2D eigenvalue weighted by molar-refractivity contribution is -0.140. The number of ether oxygens (including phenoxy) is 1. The van der Waals surface area contributed by atoms with Gasteiger partial charge in [0.1, 0.15) is 0 Å². The zero-order valence-electron chi connectivity index (χ0n) is 12.4. The molecule has 0 aliphatic heterocycles. The van der Waals surface area contributed by atoms with Crippen molar-refractivity contribution in [1.82, 2.24) is 0 Å². The van der Waals surface area contributed by atoms with Gasteiger partial charge in [-0.05, 0) is 25.7 Å². The van der Waals surface area contributed by atoms with E-state index in [-0.39, 0.29) is 12.6 Å². The lowest BCUT2D eigenvalue weighted by Crippen LogP contribution is -1.99. The zero-order chi connectivity index (χ0) is 14.2. The molecule has 1 N–H and O–H groups in total. The van der Waals surface area contributed by atoms with Gasteiger partial charge in [-0.25, -0.2) is 0 Å². The first-order chi connectivity index (χ1) is 9.31. The summed E-state index contributed by atoms with van der Waals surface area (Å²) in [5.41, 5.74) is 0. The van der Waals surface area contributed by atoms with E-state index in [4.69, 9.17) is 5.11 Å². The van der Waals surface area contributed by atoms with E-state index in [2.05, 4.69) is 16.9 Å². The molecule has 19 heavy (non-hydrogen) atoms. The minimum Gasteiger partial charge on any atom is -0.469 e. The van der Waals surface area contributed by atoms with Gasteiger partial charge in [-0.2, -0.15) is 0 Å². The van der Waals surface area contributed by atoms with Crippen molar-refractivity contribution in [3.8, 4) is 0 Å². The molecule has 0 aromatic rings. The molecule has 0 saturated heterocycles. The fourth-order valence-electron chi connectivity index (χ4n) is 2.00. The highest BCUT2D eigenvalue weighted by Crippen LogP contribution is 2.11. The molecule has 0 rings (SSSR count). The first-order valence-electron chi connectivity index (χ1n) is 7.64. The summed E-state index contributed by atoms with van der Waals surface area (Å²) in [7, 11) is 1.45. The summed E-state index contributed by atoms with van der Waals surface area (Å²) in [5.74, 6) is -0.0887. The SMILES string of the molecule is COC(=O)CCCCCCCCCC/C=C/CCO. The fourth-order valence-corrected chi connectivity index (χ4v) is 2.00. The first-order valence-corrected chi connectivity index (χ1v) is 7.64. The Morgan fingerprint density at radius 1 is 0.895 bits per heavy atom. The number of aliphatic hydroxyl groups is 1. The minimum atomic E-state index is -0.0887. The van der Waals surface area contributed by atoms with Crippen LogP contribution in [0.4, 0.5) is 0 Å². The molecular formula is C16H30O3. The lowest BCUT2D eigenvalue weighted by atomic mass is 10.1. The Hall–Kier alpha value is -0.830. The van der Waals surface area contributed by atoms with E-state index < -0.39 is 0 Å². The van der Waals surface area contributed by atoms with Crippen molar-refractivity contribution in [2.45, 2.75) is 70.6 Å². The van der Waals surface area contributed by atoms with Crippen molar-refractivity contribution >= 4 is 5.97 Å². The van der Waals surface area contributed by atoms with Crippen LogP contribution < -0.4 is 0 Å². The van der Waals surface area contributed by atoms with E-state index in [1.54, 1.807) is 0 Å². The van der Waals surface area contributed by atoms with E-state index in [9.17, 15) is 4.79 Å². The Morgan fingerprint density at radius 3 is 2.00 bits per heavy atom. The summed E-state index contributed by atoms with van der Waals surface area (Å²) < 4.78 is 4.60. The molecule has 0 aliphatic carbocycles. The summed E-state index contributed by atoms with van der Waals surface area (Å²) >= 11 is 0. The van der Waals surface area contributed by atoms with Crippen molar-refractivity contribution < 1.29 is 14.6 Å². The molecule has 0 radical (unpaired) electrons. The largest absolute Gasteiger partial charge is 0.469 e. The van der Waals surface area contributed by atoms with Gasteiger partial charge in [0, 0.05) is 13.0 Å². The third-order valence-corrected chi connectivity index (χ3v) is 3.19. The molecule has 0 unspecified atom stereocenters. The lowest BCUT2D eigenvalue weighted by Gasteiger charge is -2.01. The number of rotatable bonds is 13. The summed E-state index contributed by atoms with van der Waals surface area (Å²) in [5, 5.41) is 8.60. The second-order valence-corrected chi connectivity index (χ2v) is 4.93. The van der Waals surface area contributed by atoms with Crippen LogP contribution in [0.2, 0.25) is 0 Å². The van der Waals surface area contributed by atoms with Crippen molar-refractivity contribution in [2.24, 2.45) is 0 Å². The second kappa shape index (κ2) is 15.2. The molecule has 0 fully saturated rings. The van der Waals surface area contributed by atoms with E-state index in [1.807, 2.05) is 0 Å². The number of methoxy groups -OCH3 is 1. The smallest absolute Gasteiger partial charge is 0.305 e. The summed E-state index contributed by atoms with van der Waals surface area (Å²) in [6, 6.07) is 0. The van der Waals surface area contributed by atoms with E-state index >= 15 is 0 Å². The van der Waals surface area contributed by atoms with Crippen molar-refractivity contribution in [1.29, 1.82) is 0 Å². The van der Waals surface area contributed by atoms with Gasteiger partial charge >= 0.3 is 5.97 Å². The number of esters is 1. The highest BCUT2D eigenvalue weighted by Gasteiger charge is 1.98. The van der Waals surface area contributed by atoms with Gasteiger partial charge in [0.05, 0.1) is 7.11 Å². The molecule has 3 heteroatoms. The Morgan fingerprint density at radius 2 is 1.42 bits per heavy atom. The van der Waals surface area contributed by atoms with Crippen LogP contribution in [0.3, 0.4) is 0 Å². The number of carbonyl (C=O) groups is 1. The van der Waals surface area contributed by atoms with Crippen LogP contribution in [0.25, 0.3) is 0 Å². The van der Waals surface area contributed by atoms with Crippen LogP contribution in [0.1, 0.15) is 70.6 Å². The van der Waals surface area contributed by atoms with Crippen molar-refractivity contribution in [3.05, 3.63) is 12.2 Å². The van der Waals surface area contributed by atoms with Gasteiger partial charge in [-0.3, -0.25) is 4.79 Å². The van der Waals surface area contributed by atoms with Crippen LogP contribution in [0, 0.1) is 0 Å². The molecular weight excluding hydrogens is 240 g/mol. The van der Waals surface area contributed by atoms with E-state index in [0.29, 0.717) is 6.42 Å². The third kappa shape index (κ3) is 15.1. The van der Waals surface area contributed by atoms with Gasteiger partial charge in [0.15, 0.2) is 0 Å². The van der Waals surface area contributed by atoms with Gasteiger partial charge < -0.3 is 9.84 Å². The molecule has 0 aliphatic rings. The molecule has 0 heterocycles. The standard InChI is InChI=1S/C16H30O3/c1-19-16(18)14-12-10-8-6-4-2-3-5-7-9-11-13-15-17/h9,11,17H,2-8,10,12-15H2,1H3/b11-9+. The zero-order valence-corrected chi connectivity index (χ0v) is 12.4. The molecule has 112 valence electrons. The first kappa shape index (κ1) is 18.2. The molecule has 0 aromatic heterocycles. The van der Waals surface area contributed by atoms with Gasteiger partial charge in [-0.15, -0.1) is 0 Å². The van der Waals surface area contributed by atoms with E-state index in [0.717, 1.165) is 25.7 Å². The van der Waals surface area contributed by atoms with Crippen molar-refractivity contribution in [3.63, 3.8) is 0 Å². The Bertz CT molecular complexity index is 224. The van der Waals surface area contributed by atoms with Gasteiger partial charge in [-0.1, -0.05) is 50.7 Å². The molecule has 0 aromatic carbocycles. The van der Waals surface area contributed by atoms with Crippen LogP contribution in [0.5, 0.6) is 0 Å². The predicted molar refractivity (Wildman–Crippen MR) is 79.0 cm³/mol. The number of aliphatic hydroxyl groups excluding tert-OH is 1. The highest BCUT2D eigenvalue weighted by atomic mass is 16.5. The quantitative estimate of drug-likeness (QED) is 0.312. The predicted octanol–water partition coefficient (Wildman–Crippen LogP) is 4.00. The Labute approximate surface area is 118 Å². The number of hydrogen-bond acceptors (Lipinski definition) is 3. The van der Waals surface area contributed by atoms with Gasteiger partial charge in [0.2, 0.25) is 0 Å². The Balaban J connectivity index is 3.05. The maximum Gasteiger partial charge on any atom is 0.305 e. The fraction of sp³-hybridized carbons (Fsp3) is 0.812. The third-order valence-electron chi connectivity index (χ3n) is 3.19. The maximum absolute atomic E-state index is 10.9. The molecule has 0 spiro atoms. The monoisotopic (exact) mass is 270 g/mol. The molecule has 0 atom stereocenters. The number of allylic oxidation sites excluding steroid dienone is 1. The number of unbranched alkanes of at least 4 members (excludes halogenated alkanes) is 8. The summed E-state index contributed by atoms with van der Waals surface area (Å²) in [4.78, 5) is 10.9. The summed E-state index contributed by atoms with van der Waals surface area (Å²) in [6.45, 7) is 0.256. The topological polar surface area (TPSA) is 46.5 Å². The minimum absolute atomic E-state index is 0.0887. The number of carbonyl (C=O) groups excluding carboxylic acids is 1. The molecule has 0 saturated carbocycles. The average molecular weight is 270 g/mol. The molecule has 0 bridgehead atoms. The maximum atomic E-state index is 10.9. The summed E-state index contributed by atoms with van der Waals surface area (Å²) in [6.07, 6.45) is 16.5. The van der Waals surface area contributed by atoms with Crippen LogP contribution in [-0.2, 0) is 9.53 Å². The molecule has 3 nitrogen and oxygen atoms in total. The van der Waals surface area contributed by atoms with Gasteiger partial charge in [0.25, 0.3) is 0 Å². The van der Waals surface area contributed by atoms with E-state index in [1.165, 1.54) is 45.6 Å². The highest BCUT2D eigenvalue weighted by molar-refractivity contribution is 5.68.